The second-order valence-electron chi connectivity index (χ2n) is 8.10. The lowest BCUT2D eigenvalue weighted by molar-refractivity contribution is -0.113. The highest BCUT2D eigenvalue weighted by Crippen LogP contribution is 2.40. The van der Waals surface area contributed by atoms with Crippen LogP contribution in [0, 0.1) is 19.8 Å². The Labute approximate surface area is 199 Å². The number of nitrogens with zero attached hydrogens (tertiary/aromatic N) is 5. The van der Waals surface area contributed by atoms with Gasteiger partial charge in [0.15, 0.2) is 0 Å². The maximum Gasteiger partial charge on any atom is 0.341 e. The standard InChI is InChI=1S/C21H27N7O3S2/c1-5-31-19(30)17-14-7-6-11(2)8-15(14)33-18(17)23-16(29)10-32-21-25-24-20(27(21)22)28-13(4)9-12(3)26-28/h9,11H,5-8,10,22H2,1-4H3,(H,23,29). The van der Waals surface area contributed by atoms with Gasteiger partial charge in [0.25, 0.3) is 5.95 Å². The topological polar surface area (TPSA) is 130 Å². The number of carbonyl (C=O) groups excluding carboxylic acids is 2. The summed E-state index contributed by atoms with van der Waals surface area (Å²) < 4.78 is 8.19. The molecule has 1 amide bonds. The zero-order chi connectivity index (χ0) is 23.7. The molecule has 3 aromatic heterocycles. The van der Waals surface area contributed by atoms with Crippen LogP contribution < -0.4 is 11.2 Å². The summed E-state index contributed by atoms with van der Waals surface area (Å²) in [7, 11) is 0. The number of nitrogens with two attached hydrogens (primary N) is 1. The number of fused-ring (bicyclic) bond motifs is 1. The van der Waals surface area contributed by atoms with E-state index in [1.165, 1.54) is 16.0 Å². The van der Waals surface area contributed by atoms with Gasteiger partial charge >= 0.3 is 5.97 Å². The third-order valence-corrected chi connectivity index (χ3v) is 7.53. The first kappa shape index (κ1) is 23.3. The van der Waals surface area contributed by atoms with E-state index in [2.05, 4.69) is 27.5 Å². The van der Waals surface area contributed by atoms with E-state index in [1.54, 1.807) is 11.6 Å². The Balaban J connectivity index is 1.48. The molecule has 0 aliphatic heterocycles. The highest BCUT2D eigenvalue weighted by molar-refractivity contribution is 7.99. The Morgan fingerprint density at radius 3 is 2.85 bits per heavy atom. The molecule has 0 saturated heterocycles. The van der Waals surface area contributed by atoms with Crippen LogP contribution in [0.4, 0.5) is 5.00 Å². The fourth-order valence-corrected chi connectivity index (χ4v) is 5.96. The van der Waals surface area contributed by atoms with Gasteiger partial charge in [-0.2, -0.15) is 5.10 Å². The highest BCUT2D eigenvalue weighted by atomic mass is 32.2. The van der Waals surface area contributed by atoms with Crippen molar-refractivity contribution < 1.29 is 14.3 Å². The fourth-order valence-electron chi connectivity index (χ4n) is 3.89. The predicted octanol–water partition coefficient (Wildman–Crippen LogP) is 2.89. The molecule has 0 aromatic carbocycles. The van der Waals surface area contributed by atoms with Crippen molar-refractivity contribution in [1.82, 2.24) is 24.7 Å². The van der Waals surface area contributed by atoms with E-state index in [0.717, 1.165) is 52.9 Å². The van der Waals surface area contributed by atoms with Crippen LogP contribution in [0.3, 0.4) is 0 Å². The molecule has 0 spiro atoms. The quantitative estimate of drug-likeness (QED) is 0.294. The molecular weight excluding hydrogens is 462 g/mol. The second kappa shape index (κ2) is 9.56. The van der Waals surface area contributed by atoms with Crippen molar-refractivity contribution >= 4 is 40.0 Å². The molecule has 0 fully saturated rings. The molecule has 1 aliphatic rings. The largest absolute Gasteiger partial charge is 0.462 e. The summed E-state index contributed by atoms with van der Waals surface area (Å²) in [5, 5.41) is 16.4. The van der Waals surface area contributed by atoms with Gasteiger partial charge in [-0.05, 0) is 57.6 Å². The average molecular weight is 490 g/mol. The molecule has 1 aliphatic carbocycles. The van der Waals surface area contributed by atoms with Gasteiger partial charge < -0.3 is 15.9 Å². The zero-order valence-corrected chi connectivity index (χ0v) is 20.7. The molecule has 1 atom stereocenters. The number of nitrogens with one attached hydrogen (secondary N) is 1. The molecule has 10 nitrogen and oxygen atoms in total. The molecule has 176 valence electrons. The Morgan fingerprint density at radius 1 is 1.36 bits per heavy atom. The number of carbonyl (C=O) groups is 2. The molecule has 4 rings (SSSR count). The molecule has 12 heteroatoms. The SMILES string of the molecule is CCOC(=O)c1c(NC(=O)CSc2nnc(-n3nc(C)cc3C)n2N)sc2c1CCC(C)C2. The van der Waals surface area contributed by atoms with E-state index in [-0.39, 0.29) is 24.2 Å². The van der Waals surface area contributed by atoms with E-state index >= 15 is 0 Å². The lowest BCUT2D eigenvalue weighted by Gasteiger charge is -2.18. The number of thioether (sulfide) groups is 1. The van der Waals surface area contributed by atoms with E-state index < -0.39 is 0 Å². The predicted molar refractivity (Wildman–Crippen MR) is 128 cm³/mol. The Bertz CT molecular complexity index is 1200. The highest BCUT2D eigenvalue weighted by Gasteiger charge is 2.29. The van der Waals surface area contributed by atoms with E-state index in [4.69, 9.17) is 10.6 Å². The summed E-state index contributed by atoms with van der Waals surface area (Å²) in [5.74, 6) is 6.49. The molecule has 3 N–H and O–H groups in total. The lowest BCUT2D eigenvalue weighted by Crippen LogP contribution is -2.19. The van der Waals surface area contributed by atoms with Crippen LogP contribution in [-0.4, -0.2) is 48.9 Å². The first-order chi connectivity index (χ1) is 15.8. The van der Waals surface area contributed by atoms with Gasteiger partial charge in [0, 0.05) is 10.6 Å². The number of esters is 1. The Hall–Kier alpha value is -2.86. The van der Waals surface area contributed by atoms with Gasteiger partial charge in [-0.3, -0.25) is 4.79 Å². The third kappa shape index (κ3) is 4.76. The average Bonchev–Trinajstić information content (AvgIpc) is 3.40. The number of aromatic nitrogens is 5. The zero-order valence-electron chi connectivity index (χ0n) is 19.0. The van der Waals surface area contributed by atoms with Crippen LogP contribution in [0.15, 0.2) is 11.2 Å². The molecule has 33 heavy (non-hydrogen) atoms. The van der Waals surface area contributed by atoms with Gasteiger partial charge in [-0.25, -0.2) is 14.2 Å². The van der Waals surface area contributed by atoms with Crippen molar-refractivity contribution in [2.24, 2.45) is 5.92 Å². The third-order valence-electron chi connectivity index (χ3n) is 5.42. The van der Waals surface area contributed by atoms with Crippen LogP contribution in [0.1, 0.15) is 52.5 Å². The molecule has 0 radical (unpaired) electrons. The number of amides is 1. The number of hydrogen-bond acceptors (Lipinski definition) is 9. The summed E-state index contributed by atoms with van der Waals surface area (Å²) in [6, 6.07) is 1.91. The number of aryl methyl sites for hydroxylation is 2. The summed E-state index contributed by atoms with van der Waals surface area (Å²) >= 11 is 2.63. The molecular formula is C21H27N7O3S2. The first-order valence-corrected chi connectivity index (χ1v) is 12.6. The maximum absolute atomic E-state index is 12.7. The molecule has 0 bridgehead atoms. The van der Waals surface area contributed by atoms with Crippen LogP contribution in [-0.2, 0) is 22.4 Å². The minimum atomic E-state index is -0.385. The number of nitrogen functional groups attached to an aromatic ring is 1. The van der Waals surface area contributed by atoms with Crippen LogP contribution in [0.5, 0.6) is 0 Å². The number of hydrogen-bond donors (Lipinski definition) is 2. The van der Waals surface area contributed by atoms with Crippen LogP contribution >= 0.6 is 23.1 Å². The summed E-state index contributed by atoms with van der Waals surface area (Å²) in [6.45, 7) is 8.04. The van der Waals surface area contributed by atoms with Crippen LogP contribution in [0.2, 0.25) is 0 Å². The first-order valence-electron chi connectivity index (χ1n) is 10.8. The second-order valence-corrected chi connectivity index (χ2v) is 10.2. The lowest BCUT2D eigenvalue weighted by atomic mass is 9.88. The van der Waals surface area contributed by atoms with E-state index in [0.29, 0.717) is 27.6 Å². The number of thiophene rings is 1. The smallest absolute Gasteiger partial charge is 0.341 e. The van der Waals surface area contributed by atoms with E-state index in [9.17, 15) is 9.59 Å². The summed E-state index contributed by atoms with van der Waals surface area (Å²) in [5.41, 5.74) is 3.23. The van der Waals surface area contributed by atoms with Crippen molar-refractivity contribution in [1.29, 1.82) is 0 Å². The Morgan fingerprint density at radius 2 is 2.15 bits per heavy atom. The van der Waals surface area contributed by atoms with Crippen molar-refractivity contribution in [3.05, 3.63) is 33.5 Å². The van der Waals surface area contributed by atoms with Crippen LogP contribution in [0.25, 0.3) is 5.95 Å². The normalized spacial score (nSPS) is 15.3. The van der Waals surface area contributed by atoms with E-state index in [1.807, 2.05) is 19.9 Å². The number of rotatable bonds is 7. The minimum absolute atomic E-state index is 0.0632. The molecule has 1 unspecified atom stereocenters. The summed E-state index contributed by atoms with van der Waals surface area (Å²) in [4.78, 5) is 26.5. The van der Waals surface area contributed by atoms with Gasteiger partial charge in [0.2, 0.25) is 11.1 Å². The number of ether oxygens (including phenoxy) is 1. The number of anilines is 1. The molecule has 3 heterocycles. The minimum Gasteiger partial charge on any atom is -0.462 e. The monoisotopic (exact) mass is 489 g/mol. The van der Waals surface area contributed by atoms with Crippen molar-refractivity contribution in [2.75, 3.05) is 23.5 Å². The van der Waals surface area contributed by atoms with Gasteiger partial charge in [0.1, 0.15) is 5.00 Å². The maximum atomic E-state index is 12.7. The van der Waals surface area contributed by atoms with Gasteiger partial charge in [0.05, 0.1) is 23.6 Å². The van der Waals surface area contributed by atoms with Gasteiger partial charge in [-0.15, -0.1) is 21.5 Å². The Kier molecular flexibility index (Phi) is 6.75. The van der Waals surface area contributed by atoms with Crippen molar-refractivity contribution in [3.63, 3.8) is 0 Å². The fraction of sp³-hybridized carbons (Fsp3) is 0.476. The summed E-state index contributed by atoms with van der Waals surface area (Å²) in [6.07, 6.45) is 2.74. The molecule has 3 aromatic rings. The molecule has 0 saturated carbocycles. The van der Waals surface area contributed by atoms with Crippen molar-refractivity contribution in [3.8, 4) is 5.95 Å². The van der Waals surface area contributed by atoms with Crippen molar-refractivity contribution in [2.45, 2.75) is 52.1 Å². The van der Waals surface area contributed by atoms with Gasteiger partial charge in [-0.1, -0.05) is 18.7 Å².